The average molecular weight is 314 g/mol. The summed E-state index contributed by atoms with van der Waals surface area (Å²) in [5.41, 5.74) is 0.450. The van der Waals surface area contributed by atoms with Crippen molar-refractivity contribution in [1.29, 1.82) is 0 Å². The lowest BCUT2D eigenvalue weighted by Crippen LogP contribution is -1.94. The van der Waals surface area contributed by atoms with Crippen molar-refractivity contribution in [1.82, 2.24) is 0 Å². The van der Waals surface area contributed by atoms with E-state index in [4.69, 9.17) is 0 Å². The second-order valence-corrected chi connectivity index (χ2v) is 5.54. The van der Waals surface area contributed by atoms with Crippen molar-refractivity contribution >= 4 is 16.9 Å². The van der Waals surface area contributed by atoms with Gasteiger partial charge in [-0.1, -0.05) is 12.1 Å². The van der Waals surface area contributed by atoms with Crippen LogP contribution >= 0.6 is 0 Å². The maximum atomic E-state index is 13.4. The van der Waals surface area contributed by atoms with Crippen LogP contribution in [0.1, 0.15) is 11.1 Å². The van der Waals surface area contributed by atoms with Crippen molar-refractivity contribution in [2.45, 2.75) is 5.75 Å². The number of rotatable bonds is 4. The molecule has 6 heteroatoms. The first-order valence-corrected chi connectivity index (χ1v) is 7.29. The van der Waals surface area contributed by atoms with E-state index in [1.807, 2.05) is 0 Å². The molecular formula is C15H10F4OS. The first-order valence-electron chi connectivity index (χ1n) is 5.90. The zero-order valence-corrected chi connectivity index (χ0v) is 11.5. The molecule has 0 aromatic heterocycles. The van der Waals surface area contributed by atoms with Crippen LogP contribution in [0.2, 0.25) is 0 Å². The molecule has 0 radical (unpaired) electrons. The Bertz CT molecular complexity index is 696. The molecule has 0 spiro atoms. The van der Waals surface area contributed by atoms with E-state index < -0.39 is 34.1 Å². The third kappa shape index (κ3) is 4.01. The van der Waals surface area contributed by atoms with Crippen LogP contribution in [0.3, 0.4) is 0 Å². The van der Waals surface area contributed by atoms with Crippen molar-refractivity contribution in [2.24, 2.45) is 0 Å². The molecule has 2 aromatic rings. The van der Waals surface area contributed by atoms with E-state index >= 15 is 0 Å². The monoisotopic (exact) mass is 314 g/mol. The van der Waals surface area contributed by atoms with Crippen molar-refractivity contribution in [3.63, 3.8) is 0 Å². The molecule has 0 aliphatic rings. The normalized spacial score (nSPS) is 12.8. The predicted octanol–water partition coefficient (Wildman–Crippen LogP) is 4.16. The molecule has 0 aliphatic heterocycles. The van der Waals surface area contributed by atoms with Gasteiger partial charge in [0.15, 0.2) is 17.5 Å². The number of hydrogen-bond acceptors (Lipinski definition) is 1. The van der Waals surface area contributed by atoms with E-state index in [1.165, 1.54) is 29.7 Å². The van der Waals surface area contributed by atoms with Gasteiger partial charge in [-0.05, 0) is 35.9 Å². The van der Waals surface area contributed by atoms with Gasteiger partial charge < -0.3 is 0 Å². The summed E-state index contributed by atoms with van der Waals surface area (Å²) in [7, 11) is -1.48. The van der Waals surface area contributed by atoms with E-state index in [9.17, 15) is 21.8 Å². The maximum Gasteiger partial charge on any atom is 0.195 e. The van der Waals surface area contributed by atoms with Crippen LogP contribution < -0.4 is 0 Å². The second kappa shape index (κ2) is 6.67. The third-order valence-electron chi connectivity index (χ3n) is 2.69. The van der Waals surface area contributed by atoms with Crippen molar-refractivity contribution in [3.8, 4) is 0 Å². The van der Waals surface area contributed by atoms with Gasteiger partial charge >= 0.3 is 0 Å². The summed E-state index contributed by atoms with van der Waals surface area (Å²) < 4.78 is 63.6. The highest BCUT2D eigenvalue weighted by atomic mass is 32.2. The van der Waals surface area contributed by atoms with E-state index in [0.29, 0.717) is 5.56 Å². The Morgan fingerprint density at radius 2 is 1.57 bits per heavy atom. The van der Waals surface area contributed by atoms with Gasteiger partial charge in [-0.25, -0.2) is 17.6 Å². The van der Waals surface area contributed by atoms with Gasteiger partial charge in [0, 0.05) is 11.0 Å². The SMILES string of the molecule is O=S(C=Cc1ccc(F)c(F)c1F)Cc1ccc(F)cc1. The Morgan fingerprint density at radius 1 is 0.905 bits per heavy atom. The van der Waals surface area contributed by atoms with Gasteiger partial charge in [0.25, 0.3) is 0 Å². The molecule has 2 rings (SSSR count). The quantitative estimate of drug-likeness (QED) is 0.612. The van der Waals surface area contributed by atoms with Gasteiger partial charge in [0.2, 0.25) is 0 Å². The molecule has 21 heavy (non-hydrogen) atoms. The molecule has 110 valence electrons. The Labute approximate surface area is 121 Å². The fraction of sp³-hybridized carbons (Fsp3) is 0.0667. The minimum Gasteiger partial charge on any atom is -0.255 e. The molecule has 0 saturated heterocycles. The van der Waals surface area contributed by atoms with Crippen LogP contribution in [0.4, 0.5) is 17.6 Å². The van der Waals surface area contributed by atoms with Gasteiger partial charge in [-0.3, -0.25) is 4.21 Å². The highest BCUT2D eigenvalue weighted by Crippen LogP contribution is 2.17. The van der Waals surface area contributed by atoms with Crippen molar-refractivity contribution in [3.05, 3.63) is 76.2 Å². The van der Waals surface area contributed by atoms with Crippen LogP contribution in [-0.4, -0.2) is 4.21 Å². The van der Waals surface area contributed by atoms with Crippen LogP contribution in [0.15, 0.2) is 41.8 Å². The van der Waals surface area contributed by atoms with Gasteiger partial charge in [-0.2, -0.15) is 0 Å². The maximum absolute atomic E-state index is 13.4. The van der Waals surface area contributed by atoms with Crippen molar-refractivity contribution in [2.75, 3.05) is 0 Å². The van der Waals surface area contributed by atoms with E-state index in [2.05, 4.69) is 0 Å². The lowest BCUT2D eigenvalue weighted by Gasteiger charge is -2.00. The fourth-order valence-electron chi connectivity index (χ4n) is 1.61. The van der Waals surface area contributed by atoms with E-state index in [0.717, 1.165) is 18.2 Å². The lowest BCUT2D eigenvalue weighted by molar-refractivity contribution is 0.446. The van der Waals surface area contributed by atoms with E-state index in [1.54, 1.807) is 0 Å². The molecule has 0 bridgehead atoms. The Hall–Kier alpha value is -1.95. The van der Waals surface area contributed by atoms with Crippen LogP contribution in [0.25, 0.3) is 6.08 Å². The van der Waals surface area contributed by atoms with Gasteiger partial charge in [-0.15, -0.1) is 0 Å². The Kier molecular flexibility index (Phi) is 4.90. The van der Waals surface area contributed by atoms with E-state index in [-0.39, 0.29) is 11.3 Å². The summed E-state index contributed by atoms with van der Waals surface area (Å²) in [5, 5.41) is 1.18. The summed E-state index contributed by atoms with van der Waals surface area (Å²) in [6, 6.07) is 7.30. The summed E-state index contributed by atoms with van der Waals surface area (Å²) in [4.78, 5) is 0. The summed E-state index contributed by atoms with van der Waals surface area (Å²) in [6.07, 6.45) is 1.12. The Morgan fingerprint density at radius 3 is 2.24 bits per heavy atom. The summed E-state index contributed by atoms with van der Waals surface area (Å²) in [5.74, 6) is -4.46. The molecule has 0 N–H and O–H groups in total. The molecule has 0 saturated carbocycles. The summed E-state index contributed by atoms with van der Waals surface area (Å²) >= 11 is 0. The smallest absolute Gasteiger partial charge is 0.195 e. The highest BCUT2D eigenvalue weighted by Gasteiger charge is 2.11. The van der Waals surface area contributed by atoms with Gasteiger partial charge in [0.05, 0.1) is 16.6 Å². The Balaban J connectivity index is 2.09. The van der Waals surface area contributed by atoms with Gasteiger partial charge in [0.1, 0.15) is 5.82 Å². The minimum atomic E-state index is -1.57. The molecular weight excluding hydrogens is 304 g/mol. The molecule has 1 atom stereocenters. The molecule has 1 unspecified atom stereocenters. The highest BCUT2D eigenvalue weighted by molar-refractivity contribution is 7.87. The van der Waals surface area contributed by atoms with Crippen LogP contribution in [-0.2, 0) is 16.6 Å². The first kappa shape index (κ1) is 15.4. The average Bonchev–Trinajstić information content (AvgIpc) is 2.46. The number of hydrogen-bond donors (Lipinski definition) is 0. The minimum absolute atomic E-state index is 0.113. The zero-order chi connectivity index (χ0) is 15.4. The molecule has 1 nitrogen and oxygen atoms in total. The first-order chi connectivity index (χ1) is 9.97. The third-order valence-corrected chi connectivity index (χ3v) is 3.74. The van der Waals surface area contributed by atoms with Crippen LogP contribution in [0.5, 0.6) is 0 Å². The molecule has 0 heterocycles. The van der Waals surface area contributed by atoms with Crippen molar-refractivity contribution < 1.29 is 21.8 Å². The number of halogens is 4. The standard InChI is InChI=1S/C15H10F4OS/c16-12-4-1-10(2-5-12)9-21(20)8-7-11-3-6-13(17)15(19)14(11)18/h1-8H,9H2. The molecule has 0 fully saturated rings. The summed E-state index contributed by atoms with van der Waals surface area (Å²) in [6.45, 7) is 0. The lowest BCUT2D eigenvalue weighted by atomic mass is 10.2. The molecule has 0 amide bonds. The number of benzene rings is 2. The largest absolute Gasteiger partial charge is 0.255 e. The predicted molar refractivity (Wildman–Crippen MR) is 73.6 cm³/mol. The molecule has 0 aliphatic carbocycles. The fourth-order valence-corrected chi connectivity index (χ4v) is 2.53. The topological polar surface area (TPSA) is 17.1 Å². The molecule has 2 aromatic carbocycles. The van der Waals surface area contributed by atoms with Crippen LogP contribution in [0, 0.1) is 23.3 Å². The zero-order valence-electron chi connectivity index (χ0n) is 10.7. The second-order valence-electron chi connectivity index (χ2n) is 4.22.